The number of hydrogen-bond donors (Lipinski definition) is 0. The third-order valence-electron chi connectivity index (χ3n) is 4.37. The number of ether oxygens (including phenoxy) is 1. The summed E-state index contributed by atoms with van der Waals surface area (Å²) in [5.74, 6) is -2.64. The Morgan fingerprint density at radius 1 is 1.20 bits per heavy atom. The highest BCUT2D eigenvalue weighted by Gasteiger charge is 2.24. The van der Waals surface area contributed by atoms with Gasteiger partial charge in [-0.3, -0.25) is 4.57 Å². The normalized spacial score (nSPS) is 16.7. The van der Waals surface area contributed by atoms with Gasteiger partial charge in [0.15, 0.2) is 11.6 Å². The summed E-state index contributed by atoms with van der Waals surface area (Å²) in [6.07, 6.45) is 0.836. The molecule has 0 bridgehead atoms. The summed E-state index contributed by atoms with van der Waals surface area (Å²) in [4.78, 5) is 18.1. The van der Waals surface area contributed by atoms with Crippen LogP contribution in [0.2, 0.25) is 0 Å². The van der Waals surface area contributed by atoms with Crippen LogP contribution in [0.5, 0.6) is 5.88 Å². The van der Waals surface area contributed by atoms with Gasteiger partial charge in [-0.05, 0) is 26.3 Å². The summed E-state index contributed by atoms with van der Waals surface area (Å²) < 4.78 is 46.8. The molecule has 3 rings (SSSR count). The number of rotatable bonds is 4. The maximum absolute atomic E-state index is 13.7. The van der Waals surface area contributed by atoms with Crippen molar-refractivity contribution in [2.45, 2.75) is 39.5 Å². The van der Waals surface area contributed by atoms with Crippen molar-refractivity contribution in [2.75, 3.05) is 11.4 Å². The quantitative estimate of drug-likeness (QED) is 0.793. The molecule has 5 nitrogen and oxygen atoms in total. The molecule has 1 aromatic heterocycles. The number of halogens is 3. The molecule has 2 aromatic rings. The third kappa shape index (κ3) is 3.33. The Balaban J connectivity index is 1.87. The van der Waals surface area contributed by atoms with Crippen molar-refractivity contribution in [1.29, 1.82) is 0 Å². The number of benzene rings is 1. The van der Waals surface area contributed by atoms with Gasteiger partial charge in [0, 0.05) is 36.8 Å². The van der Waals surface area contributed by atoms with Gasteiger partial charge in [-0.1, -0.05) is 0 Å². The molecule has 1 aliphatic rings. The van der Waals surface area contributed by atoms with Crippen molar-refractivity contribution < 1.29 is 17.9 Å². The Bertz CT molecular complexity index is 854. The van der Waals surface area contributed by atoms with Crippen LogP contribution in [0, 0.1) is 17.5 Å². The first-order chi connectivity index (χ1) is 11.9. The van der Waals surface area contributed by atoms with Crippen LogP contribution in [0.25, 0.3) is 0 Å². The van der Waals surface area contributed by atoms with Crippen molar-refractivity contribution in [1.82, 2.24) is 9.55 Å². The first-order valence-corrected chi connectivity index (χ1v) is 8.05. The largest absolute Gasteiger partial charge is 0.472 e. The van der Waals surface area contributed by atoms with Gasteiger partial charge in [0.25, 0.3) is 0 Å². The van der Waals surface area contributed by atoms with E-state index in [1.165, 1.54) is 0 Å². The lowest BCUT2D eigenvalue weighted by Gasteiger charge is -2.36. The van der Waals surface area contributed by atoms with Gasteiger partial charge in [-0.25, -0.2) is 18.0 Å². The monoisotopic (exact) mass is 353 g/mol. The lowest BCUT2D eigenvalue weighted by molar-refractivity contribution is 0.282. The molecule has 1 aliphatic heterocycles. The predicted octanol–water partition coefficient (Wildman–Crippen LogP) is 2.86. The summed E-state index contributed by atoms with van der Waals surface area (Å²) >= 11 is 0. The molecule has 0 radical (unpaired) electrons. The third-order valence-corrected chi connectivity index (χ3v) is 4.37. The molecule has 134 valence electrons. The van der Waals surface area contributed by atoms with Gasteiger partial charge in [0.2, 0.25) is 5.88 Å². The highest BCUT2D eigenvalue weighted by atomic mass is 19.2. The average Bonchev–Trinajstić information content (AvgIpc) is 2.56. The fourth-order valence-electron chi connectivity index (χ4n) is 2.99. The van der Waals surface area contributed by atoms with E-state index in [2.05, 4.69) is 16.8 Å². The molecule has 8 heteroatoms. The van der Waals surface area contributed by atoms with Crippen molar-refractivity contribution in [3.05, 3.63) is 51.7 Å². The van der Waals surface area contributed by atoms with Gasteiger partial charge in [-0.2, -0.15) is 4.98 Å². The van der Waals surface area contributed by atoms with E-state index < -0.39 is 23.1 Å². The Hall–Kier alpha value is -2.51. The van der Waals surface area contributed by atoms with E-state index in [0.29, 0.717) is 25.0 Å². The van der Waals surface area contributed by atoms with E-state index in [9.17, 15) is 18.0 Å². The van der Waals surface area contributed by atoms with Crippen LogP contribution in [-0.4, -0.2) is 22.1 Å². The van der Waals surface area contributed by atoms with Crippen LogP contribution in [0.15, 0.2) is 23.0 Å². The van der Waals surface area contributed by atoms with Gasteiger partial charge in [0.1, 0.15) is 18.2 Å². The van der Waals surface area contributed by atoms with Gasteiger partial charge >= 0.3 is 5.69 Å². The van der Waals surface area contributed by atoms with E-state index >= 15 is 0 Å². The lowest BCUT2D eigenvalue weighted by atomic mass is 10.1. The molecule has 0 saturated heterocycles. The molecule has 0 amide bonds. The molecule has 0 spiro atoms. The van der Waals surface area contributed by atoms with Gasteiger partial charge in [0.05, 0.1) is 0 Å². The molecular weight excluding hydrogens is 335 g/mol. The number of nitrogens with zero attached hydrogens (tertiary/aromatic N) is 3. The second-order valence-corrected chi connectivity index (χ2v) is 5.96. The molecule has 1 aromatic carbocycles. The van der Waals surface area contributed by atoms with Crippen LogP contribution in [0.1, 0.15) is 25.8 Å². The minimum Gasteiger partial charge on any atom is -0.472 e. The van der Waals surface area contributed by atoms with Crippen LogP contribution >= 0.6 is 0 Å². The average molecular weight is 353 g/mol. The SMILES string of the molecule is CCN1c2cc(OCc3cc(F)c(F)cc3F)nc(=O)n2CCC1C. The van der Waals surface area contributed by atoms with E-state index in [1.807, 2.05) is 6.92 Å². The second-order valence-electron chi connectivity index (χ2n) is 5.96. The standard InChI is InChI=1S/C17H18F3N3O2/c1-3-22-10(2)4-5-23-16(22)8-15(21-17(23)24)25-9-11-6-13(19)14(20)7-12(11)18/h6-8,10H,3-5,9H2,1-2H3. The fourth-order valence-corrected chi connectivity index (χ4v) is 2.99. The zero-order valence-electron chi connectivity index (χ0n) is 13.9. The molecule has 25 heavy (non-hydrogen) atoms. The zero-order valence-corrected chi connectivity index (χ0v) is 13.9. The number of anilines is 1. The van der Waals surface area contributed by atoms with Crippen LogP contribution in [0.4, 0.5) is 19.0 Å². The van der Waals surface area contributed by atoms with Crippen molar-refractivity contribution >= 4 is 5.82 Å². The summed E-state index contributed by atoms with van der Waals surface area (Å²) in [5, 5.41) is 0. The Kier molecular flexibility index (Phi) is 4.69. The number of aromatic nitrogens is 2. The van der Waals surface area contributed by atoms with E-state index in [-0.39, 0.29) is 24.1 Å². The van der Waals surface area contributed by atoms with Crippen molar-refractivity contribution in [2.24, 2.45) is 0 Å². The van der Waals surface area contributed by atoms with Gasteiger partial charge < -0.3 is 9.64 Å². The highest BCUT2D eigenvalue weighted by Crippen LogP contribution is 2.26. The minimum absolute atomic E-state index is 0.0212. The smallest absolute Gasteiger partial charge is 0.352 e. The molecule has 0 aliphatic carbocycles. The van der Waals surface area contributed by atoms with Crippen molar-refractivity contribution in [3.8, 4) is 5.88 Å². The topological polar surface area (TPSA) is 47.4 Å². The Morgan fingerprint density at radius 3 is 2.64 bits per heavy atom. The van der Waals surface area contributed by atoms with Crippen molar-refractivity contribution in [3.63, 3.8) is 0 Å². The number of fused-ring (bicyclic) bond motifs is 1. The molecule has 0 fully saturated rings. The maximum Gasteiger partial charge on any atom is 0.352 e. The minimum atomic E-state index is -1.26. The van der Waals surface area contributed by atoms with E-state index in [1.54, 1.807) is 10.6 Å². The van der Waals surface area contributed by atoms with Gasteiger partial charge in [-0.15, -0.1) is 0 Å². The second kappa shape index (κ2) is 6.78. The molecular formula is C17H18F3N3O2. The van der Waals surface area contributed by atoms with Crippen LogP contribution in [0.3, 0.4) is 0 Å². The summed E-state index contributed by atoms with van der Waals surface area (Å²) in [5.41, 5.74) is -0.608. The summed E-state index contributed by atoms with van der Waals surface area (Å²) in [6, 6.07) is 3.07. The van der Waals surface area contributed by atoms with Crippen LogP contribution in [-0.2, 0) is 13.2 Å². The predicted molar refractivity (Wildman–Crippen MR) is 86.2 cm³/mol. The number of hydrogen-bond acceptors (Lipinski definition) is 4. The first kappa shape index (κ1) is 17.3. The Labute approximate surface area is 142 Å². The molecule has 1 unspecified atom stereocenters. The van der Waals surface area contributed by atoms with Crippen LogP contribution < -0.4 is 15.3 Å². The maximum atomic E-state index is 13.7. The molecule has 2 heterocycles. The lowest BCUT2D eigenvalue weighted by Crippen LogP contribution is -2.43. The highest BCUT2D eigenvalue weighted by molar-refractivity contribution is 5.44. The molecule has 0 N–H and O–H groups in total. The summed E-state index contributed by atoms with van der Waals surface area (Å²) in [7, 11) is 0. The molecule has 0 saturated carbocycles. The zero-order chi connectivity index (χ0) is 18.1. The fraction of sp³-hybridized carbons (Fsp3) is 0.412. The first-order valence-electron chi connectivity index (χ1n) is 8.05. The Morgan fingerprint density at radius 2 is 1.92 bits per heavy atom. The molecule has 1 atom stereocenters. The summed E-state index contributed by atoms with van der Waals surface area (Å²) in [6.45, 7) is 4.96. The van der Waals surface area contributed by atoms with E-state index in [4.69, 9.17) is 4.74 Å². The van der Waals surface area contributed by atoms with E-state index in [0.717, 1.165) is 12.5 Å².